The van der Waals surface area contributed by atoms with E-state index in [-0.39, 0.29) is 5.91 Å². The van der Waals surface area contributed by atoms with Crippen molar-refractivity contribution in [2.45, 2.75) is 46.0 Å². The van der Waals surface area contributed by atoms with Crippen LogP contribution in [-0.2, 0) is 11.2 Å². The monoisotopic (exact) mass is 262 g/mol. The summed E-state index contributed by atoms with van der Waals surface area (Å²) in [7, 11) is 0. The van der Waals surface area contributed by atoms with Gasteiger partial charge in [-0.1, -0.05) is 32.4 Å². The third-order valence-electron chi connectivity index (χ3n) is 3.32. The predicted octanol–water partition coefficient (Wildman–Crippen LogP) is 3.34. The summed E-state index contributed by atoms with van der Waals surface area (Å²) in [6.45, 7) is 4.89. The van der Waals surface area contributed by atoms with Gasteiger partial charge < -0.3 is 11.1 Å². The molecule has 0 fully saturated rings. The van der Waals surface area contributed by atoms with E-state index in [1.807, 2.05) is 12.1 Å². The van der Waals surface area contributed by atoms with Crippen molar-refractivity contribution in [1.29, 1.82) is 0 Å². The van der Waals surface area contributed by atoms with E-state index in [0.717, 1.165) is 18.5 Å². The van der Waals surface area contributed by atoms with Crippen molar-refractivity contribution in [3.63, 3.8) is 0 Å². The molecule has 0 heterocycles. The van der Waals surface area contributed by atoms with Crippen molar-refractivity contribution in [2.75, 3.05) is 11.9 Å². The molecule has 1 unspecified atom stereocenters. The Morgan fingerprint density at radius 1 is 1.32 bits per heavy atom. The maximum atomic E-state index is 11.7. The van der Waals surface area contributed by atoms with Crippen LogP contribution in [0.2, 0.25) is 0 Å². The van der Waals surface area contributed by atoms with Crippen LogP contribution in [0.5, 0.6) is 0 Å². The predicted molar refractivity (Wildman–Crippen MR) is 81.1 cm³/mol. The number of aryl methyl sites for hydroxylation is 1. The molecule has 3 N–H and O–H groups in total. The average molecular weight is 262 g/mol. The molecule has 0 saturated carbocycles. The highest BCUT2D eigenvalue weighted by molar-refractivity contribution is 5.90. The van der Waals surface area contributed by atoms with Crippen LogP contribution in [0.1, 0.15) is 45.1 Å². The molecule has 0 spiro atoms. The van der Waals surface area contributed by atoms with Crippen LogP contribution >= 0.6 is 0 Å². The Morgan fingerprint density at radius 2 is 2.00 bits per heavy atom. The van der Waals surface area contributed by atoms with Crippen LogP contribution in [-0.4, -0.2) is 12.5 Å². The molecule has 0 saturated heterocycles. The van der Waals surface area contributed by atoms with Gasteiger partial charge >= 0.3 is 0 Å². The first-order valence-corrected chi connectivity index (χ1v) is 7.24. The summed E-state index contributed by atoms with van der Waals surface area (Å²) in [5.74, 6) is 0.476. The molecular formula is C16H26N2O. The van der Waals surface area contributed by atoms with Gasteiger partial charge in [-0.15, -0.1) is 0 Å². The molecule has 0 bridgehead atoms. The minimum atomic E-state index is 0.0709. The van der Waals surface area contributed by atoms with Crippen molar-refractivity contribution in [3.05, 3.63) is 29.8 Å². The Bertz CT molecular complexity index is 373. The maximum Gasteiger partial charge on any atom is 0.224 e. The molecule has 1 rings (SSSR count). The highest BCUT2D eigenvalue weighted by Crippen LogP contribution is 2.13. The van der Waals surface area contributed by atoms with Gasteiger partial charge in [-0.25, -0.2) is 0 Å². The van der Waals surface area contributed by atoms with Gasteiger partial charge in [0.15, 0.2) is 0 Å². The molecule has 106 valence electrons. The fourth-order valence-electron chi connectivity index (χ4n) is 1.85. The zero-order valence-electron chi connectivity index (χ0n) is 12.1. The fourth-order valence-corrected chi connectivity index (χ4v) is 1.85. The molecule has 19 heavy (non-hydrogen) atoms. The lowest BCUT2D eigenvalue weighted by atomic mass is 10.1. The van der Waals surface area contributed by atoms with Crippen LogP contribution in [0.25, 0.3) is 0 Å². The lowest BCUT2D eigenvalue weighted by Crippen LogP contribution is -2.16. The minimum absolute atomic E-state index is 0.0709. The second-order valence-electron chi connectivity index (χ2n) is 5.23. The van der Waals surface area contributed by atoms with Crippen molar-refractivity contribution in [1.82, 2.24) is 0 Å². The van der Waals surface area contributed by atoms with Crippen molar-refractivity contribution in [3.8, 4) is 0 Å². The molecule has 3 nitrogen and oxygen atoms in total. The van der Waals surface area contributed by atoms with Crippen molar-refractivity contribution < 1.29 is 4.79 Å². The molecule has 0 radical (unpaired) electrons. The SMILES string of the molecule is CCCCc1ccc(NC(=O)CCC(C)CN)cc1. The summed E-state index contributed by atoms with van der Waals surface area (Å²) in [5, 5.41) is 2.92. The Kier molecular flexibility index (Phi) is 7.19. The topological polar surface area (TPSA) is 55.1 Å². The summed E-state index contributed by atoms with van der Waals surface area (Å²) in [4.78, 5) is 11.7. The van der Waals surface area contributed by atoms with E-state index in [9.17, 15) is 4.79 Å². The summed E-state index contributed by atoms with van der Waals surface area (Å²) in [5.41, 5.74) is 7.75. The van der Waals surface area contributed by atoms with E-state index in [1.54, 1.807) is 0 Å². The first kappa shape index (κ1) is 15.7. The van der Waals surface area contributed by atoms with E-state index >= 15 is 0 Å². The minimum Gasteiger partial charge on any atom is -0.330 e. The van der Waals surface area contributed by atoms with Gasteiger partial charge in [-0.2, -0.15) is 0 Å². The number of unbranched alkanes of at least 4 members (excludes halogenated alkanes) is 1. The second-order valence-corrected chi connectivity index (χ2v) is 5.23. The molecule has 0 aliphatic heterocycles. The Morgan fingerprint density at radius 3 is 2.58 bits per heavy atom. The summed E-state index contributed by atoms with van der Waals surface area (Å²) < 4.78 is 0. The lowest BCUT2D eigenvalue weighted by Gasteiger charge is -2.09. The zero-order valence-corrected chi connectivity index (χ0v) is 12.1. The highest BCUT2D eigenvalue weighted by Gasteiger charge is 2.05. The van der Waals surface area contributed by atoms with Crippen LogP contribution < -0.4 is 11.1 Å². The Labute approximate surface area is 116 Å². The smallest absolute Gasteiger partial charge is 0.224 e. The average Bonchev–Trinajstić information content (AvgIpc) is 2.44. The quantitative estimate of drug-likeness (QED) is 0.755. The van der Waals surface area contributed by atoms with Gasteiger partial charge in [0.1, 0.15) is 0 Å². The van der Waals surface area contributed by atoms with Crippen LogP contribution in [0.3, 0.4) is 0 Å². The molecule has 1 aromatic carbocycles. The van der Waals surface area contributed by atoms with E-state index < -0.39 is 0 Å². The maximum absolute atomic E-state index is 11.7. The number of carbonyl (C=O) groups excluding carboxylic acids is 1. The Balaban J connectivity index is 2.37. The van der Waals surface area contributed by atoms with Gasteiger partial charge in [0.2, 0.25) is 5.91 Å². The first-order chi connectivity index (χ1) is 9.15. The largest absolute Gasteiger partial charge is 0.330 e. The second kappa shape index (κ2) is 8.70. The number of hydrogen-bond donors (Lipinski definition) is 2. The molecular weight excluding hydrogens is 236 g/mol. The zero-order chi connectivity index (χ0) is 14.1. The number of hydrogen-bond acceptors (Lipinski definition) is 2. The van der Waals surface area contributed by atoms with Crippen LogP contribution in [0.4, 0.5) is 5.69 Å². The number of rotatable bonds is 8. The number of anilines is 1. The van der Waals surface area contributed by atoms with Gasteiger partial charge in [0.25, 0.3) is 0 Å². The lowest BCUT2D eigenvalue weighted by molar-refractivity contribution is -0.116. The number of nitrogens with one attached hydrogen (secondary N) is 1. The molecule has 3 heteroatoms. The van der Waals surface area contributed by atoms with Crippen molar-refractivity contribution >= 4 is 11.6 Å². The fraction of sp³-hybridized carbons (Fsp3) is 0.562. The number of nitrogens with two attached hydrogens (primary N) is 1. The van der Waals surface area contributed by atoms with Gasteiger partial charge in [-0.3, -0.25) is 4.79 Å². The van der Waals surface area contributed by atoms with Gasteiger partial charge in [0.05, 0.1) is 0 Å². The van der Waals surface area contributed by atoms with Crippen molar-refractivity contribution in [2.24, 2.45) is 11.7 Å². The van der Waals surface area contributed by atoms with E-state index in [1.165, 1.54) is 18.4 Å². The highest BCUT2D eigenvalue weighted by atomic mass is 16.1. The molecule has 1 amide bonds. The normalized spacial score (nSPS) is 12.2. The summed E-state index contributed by atoms with van der Waals surface area (Å²) in [6, 6.07) is 8.14. The number of amides is 1. The molecule has 0 aromatic heterocycles. The standard InChI is InChI=1S/C16H26N2O/c1-3-4-5-14-7-9-15(10-8-14)18-16(19)11-6-13(2)12-17/h7-10,13H,3-6,11-12,17H2,1-2H3,(H,18,19). The number of benzene rings is 1. The van der Waals surface area contributed by atoms with E-state index in [2.05, 4.69) is 31.3 Å². The van der Waals surface area contributed by atoms with E-state index in [4.69, 9.17) is 5.73 Å². The molecule has 0 aliphatic rings. The Hall–Kier alpha value is -1.35. The van der Waals surface area contributed by atoms with Gasteiger partial charge in [-0.05, 0) is 49.4 Å². The first-order valence-electron chi connectivity index (χ1n) is 7.24. The molecule has 0 aliphatic carbocycles. The summed E-state index contributed by atoms with van der Waals surface area (Å²) >= 11 is 0. The third kappa shape index (κ3) is 6.39. The molecule has 1 aromatic rings. The van der Waals surface area contributed by atoms with Gasteiger partial charge in [0, 0.05) is 12.1 Å². The van der Waals surface area contributed by atoms with Crippen LogP contribution in [0.15, 0.2) is 24.3 Å². The third-order valence-corrected chi connectivity index (χ3v) is 3.32. The number of carbonyl (C=O) groups is 1. The van der Waals surface area contributed by atoms with Crippen LogP contribution in [0, 0.1) is 5.92 Å². The summed E-state index contributed by atoms with van der Waals surface area (Å²) in [6.07, 6.45) is 4.91. The molecule has 1 atom stereocenters. The van der Waals surface area contributed by atoms with E-state index in [0.29, 0.717) is 18.9 Å².